The zero-order valence-corrected chi connectivity index (χ0v) is 10.5. The molecule has 0 atom stereocenters. The molecule has 0 fully saturated rings. The second-order valence-electron chi connectivity index (χ2n) is 3.74. The number of amides is 1. The van der Waals surface area contributed by atoms with Crippen LogP contribution in [0.3, 0.4) is 0 Å². The Labute approximate surface area is 104 Å². The van der Waals surface area contributed by atoms with Crippen molar-refractivity contribution in [3.8, 4) is 6.07 Å². The number of nitrogen functional groups attached to an aromatic ring is 1. The Hall–Kier alpha value is -1.74. The number of hydrogen-bond acceptors (Lipinski definition) is 5. The van der Waals surface area contributed by atoms with Crippen LogP contribution in [0.1, 0.15) is 19.4 Å². The number of carbonyl (C=O) groups is 1. The number of nitrogens with zero attached hydrogens (tertiary/aromatic N) is 2. The van der Waals surface area contributed by atoms with Gasteiger partial charge in [-0.25, -0.2) is 4.98 Å². The van der Waals surface area contributed by atoms with Crippen molar-refractivity contribution >= 4 is 23.4 Å². The second-order valence-corrected chi connectivity index (χ2v) is 4.71. The lowest BCUT2D eigenvalue weighted by Crippen LogP contribution is -2.31. The summed E-state index contributed by atoms with van der Waals surface area (Å²) in [6.07, 6.45) is 1.44. The molecule has 0 aromatic carbocycles. The predicted molar refractivity (Wildman–Crippen MR) is 67.4 cm³/mol. The van der Waals surface area contributed by atoms with Crippen LogP contribution >= 0.6 is 11.8 Å². The normalized spacial score (nSPS) is 10.0. The highest BCUT2D eigenvalue weighted by Crippen LogP contribution is 2.22. The number of carbonyl (C=O) groups excluding carboxylic acids is 1. The Morgan fingerprint density at radius 2 is 2.41 bits per heavy atom. The van der Waals surface area contributed by atoms with Crippen LogP contribution < -0.4 is 11.1 Å². The average molecular weight is 250 g/mol. The van der Waals surface area contributed by atoms with Gasteiger partial charge in [0.15, 0.2) is 0 Å². The van der Waals surface area contributed by atoms with Crippen LogP contribution in [0, 0.1) is 11.3 Å². The van der Waals surface area contributed by atoms with Gasteiger partial charge in [0, 0.05) is 12.2 Å². The number of nitriles is 1. The zero-order valence-electron chi connectivity index (χ0n) is 9.73. The van der Waals surface area contributed by atoms with Gasteiger partial charge in [-0.05, 0) is 19.9 Å². The van der Waals surface area contributed by atoms with E-state index < -0.39 is 0 Å². The number of nitrogens with two attached hydrogens (primary N) is 1. The molecule has 0 spiro atoms. The molecule has 1 aromatic rings. The molecule has 0 radical (unpaired) electrons. The molecular formula is C11H14N4OS. The van der Waals surface area contributed by atoms with Gasteiger partial charge in [-0.2, -0.15) is 5.26 Å². The van der Waals surface area contributed by atoms with Crippen LogP contribution in [-0.4, -0.2) is 22.7 Å². The maximum absolute atomic E-state index is 11.4. The SMILES string of the molecule is CC(C)NC(=O)CSc1ncc(C#N)cc1N. The maximum Gasteiger partial charge on any atom is 0.230 e. The second kappa shape index (κ2) is 6.11. The lowest BCUT2D eigenvalue weighted by atomic mass is 10.3. The summed E-state index contributed by atoms with van der Waals surface area (Å²) in [5.74, 6) is 0.205. The van der Waals surface area contributed by atoms with Gasteiger partial charge in [0.05, 0.1) is 17.0 Å². The summed E-state index contributed by atoms with van der Waals surface area (Å²) in [5, 5.41) is 12.0. The Bertz CT molecular complexity index is 453. The summed E-state index contributed by atoms with van der Waals surface area (Å²) in [4.78, 5) is 15.4. The molecule has 0 bridgehead atoms. The molecule has 0 aliphatic heterocycles. The van der Waals surface area contributed by atoms with E-state index in [1.165, 1.54) is 18.0 Å². The van der Waals surface area contributed by atoms with Crippen molar-refractivity contribution in [1.29, 1.82) is 5.26 Å². The van der Waals surface area contributed by atoms with Crippen LogP contribution in [0.4, 0.5) is 5.69 Å². The van der Waals surface area contributed by atoms with E-state index in [2.05, 4.69) is 10.3 Å². The van der Waals surface area contributed by atoms with Crippen molar-refractivity contribution < 1.29 is 4.79 Å². The lowest BCUT2D eigenvalue weighted by molar-refractivity contribution is -0.119. The fraction of sp³-hybridized carbons (Fsp3) is 0.364. The molecule has 0 saturated heterocycles. The standard InChI is InChI=1S/C11H14N4OS/c1-7(2)15-10(16)6-17-11-9(13)3-8(4-12)5-14-11/h3,5,7H,6,13H2,1-2H3,(H,15,16). The molecule has 0 aliphatic rings. The van der Waals surface area contributed by atoms with Gasteiger partial charge in [-0.1, -0.05) is 11.8 Å². The molecule has 0 aliphatic carbocycles. The summed E-state index contributed by atoms with van der Waals surface area (Å²) >= 11 is 1.26. The van der Waals surface area contributed by atoms with Gasteiger partial charge >= 0.3 is 0 Å². The third-order valence-corrected chi connectivity index (χ3v) is 2.82. The van der Waals surface area contributed by atoms with E-state index in [-0.39, 0.29) is 17.7 Å². The van der Waals surface area contributed by atoms with E-state index in [4.69, 9.17) is 11.0 Å². The topological polar surface area (TPSA) is 91.8 Å². The number of thioether (sulfide) groups is 1. The van der Waals surface area contributed by atoms with E-state index in [9.17, 15) is 4.79 Å². The van der Waals surface area contributed by atoms with Crippen LogP contribution in [-0.2, 0) is 4.79 Å². The maximum atomic E-state index is 11.4. The largest absolute Gasteiger partial charge is 0.397 e. The number of rotatable bonds is 4. The number of hydrogen-bond donors (Lipinski definition) is 2. The van der Waals surface area contributed by atoms with Gasteiger partial charge in [0.2, 0.25) is 5.91 Å². The number of nitrogens with one attached hydrogen (secondary N) is 1. The van der Waals surface area contributed by atoms with Gasteiger partial charge in [-0.3, -0.25) is 4.79 Å². The van der Waals surface area contributed by atoms with Crippen molar-refractivity contribution in [2.75, 3.05) is 11.5 Å². The van der Waals surface area contributed by atoms with Crippen LogP contribution in [0.25, 0.3) is 0 Å². The molecule has 1 heterocycles. The Kier molecular flexibility index (Phi) is 4.79. The van der Waals surface area contributed by atoms with E-state index in [0.29, 0.717) is 16.3 Å². The molecule has 90 valence electrons. The van der Waals surface area contributed by atoms with E-state index >= 15 is 0 Å². The molecule has 6 heteroatoms. The van der Waals surface area contributed by atoms with Crippen molar-refractivity contribution in [1.82, 2.24) is 10.3 Å². The molecule has 3 N–H and O–H groups in total. The molecule has 1 rings (SSSR count). The summed E-state index contributed by atoms with van der Waals surface area (Å²) < 4.78 is 0. The minimum Gasteiger partial charge on any atom is -0.397 e. The first-order chi connectivity index (χ1) is 8.02. The zero-order chi connectivity index (χ0) is 12.8. The van der Waals surface area contributed by atoms with Gasteiger partial charge < -0.3 is 11.1 Å². The van der Waals surface area contributed by atoms with Crippen LogP contribution in [0.2, 0.25) is 0 Å². The highest BCUT2D eigenvalue weighted by molar-refractivity contribution is 8.00. The van der Waals surface area contributed by atoms with E-state index in [1.54, 1.807) is 6.07 Å². The van der Waals surface area contributed by atoms with Crippen molar-refractivity contribution in [2.24, 2.45) is 0 Å². The highest BCUT2D eigenvalue weighted by Gasteiger charge is 2.08. The quantitative estimate of drug-likeness (QED) is 0.782. The molecule has 0 saturated carbocycles. The third-order valence-electron chi connectivity index (χ3n) is 1.80. The lowest BCUT2D eigenvalue weighted by Gasteiger charge is -2.08. The summed E-state index contributed by atoms with van der Waals surface area (Å²) in [7, 11) is 0. The first-order valence-corrected chi connectivity index (χ1v) is 6.09. The fourth-order valence-electron chi connectivity index (χ4n) is 1.15. The van der Waals surface area contributed by atoms with Crippen LogP contribution in [0.5, 0.6) is 0 Å². The van der Waals surface area contributed by atoms with Crippen molar-refractivity contribution in [3.63, 3.8) is 0 Å². The first kappa shape index (κ1) is 13.3. The summed E-state index contributed by atoms with van der Waals surface area (Å²) in [5.41, 5.74) is 6.56. The van der Waals surface area contributed by atoms with Gasteiger partial charge in [0.25, 0.3) is 0 Å². The Morgan fingerprint density at radius 1 is 1.71 bits per heavy atom. The predicted octanol–water partition coefficient (Wildman–Crippen LogP) is 1.15. The highest BCUT2D eigenvalue weighted by atomic mass is 32.2. The van der Waals surface area contributed by atoms with Crippen LogP contribution in [0.15, 0.2) is 17.3 Å². The number of aromatic nitrogens is 1. The average Bonchev–Trinajstić information content (AvgIpc) is 2.26. The first-order valence-electron chi connectivity index (χ1n) is 5.10. The minimum atomic E-state index is -0.0597. The number of pyridine rings is 1. The minimum absolute atomic E-state index is 0.0597. The Morgan fingerprint density at radius 3 is 2.94 bits per heavy atom. The van der Waals surface area contributed by atoms with Gasteiger partial charge in [-0.15, -0.1) is 0 Å². The molecule has 0 unspecified atom stereocenters. The van der Waals surface area contributed by atoms with E-state index in [1.807, 2.05) is 19.9 Å². The summed E-state index contributed by atoms with van der Waals surface area (Å²) in [6, 6.07) is 3.63. The molecular weight excluding hydrogens is 236 g/mol. The van der Waals surface area contributed by atoms with E-state index in [0.717, 1.165) is 0 Å². The smallest absolute Gasteiger partial charge is 0.230 e. The third kappa shape index (κ3) is 4.33. The molecule has 17 heavy (non-hydrogen) atoms. The van der Waals surface area contributed by atoms with Crippen molar-refractivity contribution in [2.45, 2.75) is 24.9 Å². The molecule has 5 nitrogen and oxygen atoms in total. The monoisotopic (exact) mass is 250 g/mol. The summed E-state index contributed by atoms with van der Waals surface area (Å²) in [6.45, 7) is 3.80. The fourth-order valence-corrected chi connectivity index (χ4v) is 1.85. The molecule has 1 amide bonds. The van der Waals surface area contributed by atoms with Crippen molar-refractivity contribution in [3.05, 3.63) is 17.8 Å². The van der Waals surface area contributed by atoms with Gasteiger partial charge in [0.1, 0.15) is 11.1 Å². The number of anilines is 1. The molecule has 1 aromatic heterocycles. The Balaban J connectivity index is 2.58.